The lowest BCUT2D eigenvalue weighted by Crippen LogP contribution is -2.36. The van der Waals surface area contributed by atoms with Crippen LogP contribution in [0.1, 0.15) is 27.2 Å². The van der Waals surface area contributed by atoms with Crippen LogP contribution in [0.4, 0.5) is 13.2 Å². The summed E-state index contributed by atoms with van der Waals surface area (Å²) in [4.78, 5) is 0. The highest BCUT2D eigenvalue weighted by atomic mass is 19.4. The second-order valence-electron chi connectivity index (χ2n) is 3.88. The molecular formula is C10H20F3NO. The van der Waals surface area contributed by atoms with Gasteiger partial charge in [-0.3, -0.25) is 0 Å². The molecule has 0 heterocycles. The van der Waals surface area contributed by atoms with Gasteiger partial charge in [0, 0.05) is 12.6 Å². The smallest absolute Gasteiger partial charge is 0.371 e. The lowest BCUT2D eigenvalue weighted by Gasteiger charge is -2.20. The minimum absolute atomic E-state index is 0.0999. The minimum atomic E-state index is -4.22. The Morgan fingerprint density at radius 1 is 1.27 bits per heavy atom. The second-order valence-corrected chi connectivity index (χ2v) is 3.88. The molecule has 0 aliphatic carbocycles. The Labute approximate surface area is 89.2 Å². The fourth-order valence-corrected chi connectivity index (χ4v) is 1.36. The molecule has 0 aromatic rings. The summed E-state index contributed by atoms with van der Waals surface area (Å²) in [6.45, 7) is 5.62. The van der Waals surface area contributed by atoms with Crippen molar-refractivity contribution in [1.29, 1.82) is 0 Å². The van der Waals surface area contributed by atoms with Crippen molar-refractivity contribution in [2.75, 3.05) is 19.8 Å². The highest BCUT2D eigenvalue weighted by Gasteiger charge is 2.27. The minimum Gasteiger partial charge on any atom is -0.371 e. The van der Waals surface area contributed by atoms with Gasteiger partial charge in [0.15, 0.2) is 0 Å². The van der Waals surface area contributed by atoms with Gasteiger partial charge in [0.2, 0.25) is 0 Å². The predicted molar refractivity (Wildman–Crippen MR) is 53.8 cm³/mol. The zero-order valence-corrected chi connectivity index (χ0v) is 9.53. The summed E-state index contributed by atoms with van der Waals surface area (Å²) < 4.78 is 39.6. The molecule has 5 heteroatoms. The average Bonchev–Trinajstić information content (AvgIpc) is 2.08. The van der Waals surface area contributed by atoms with Crippen LogP contribution in [0, 0.1) is 5.92 Å². The van der Waals surface area contributed by atoms with Crippen molar-refractivity contribution >= 4 is 0 Å². The summed E-state index contributed by atoms with van der Waals surface area (Å²) in [6.07, 6.45) is -3.25. The largest absolute Gasteiger partial charge is 0.411 e. The van der Waals surface area contributed by atoms with Gasteiger partial charge in [-0.1, -0.05) is 20.8 Å². The van der Waals surface area contributed by atoms with Crippen LogP contribution in [0.5, 0.6) is 0 Å². The molecule has 0 rings (SSSR count). The van der Waals surface area contributed by atoms with Gasteiger partial charge in [0.05, 0.1) is 6.61 Å². The van der Waals surface area contributed by atoms with E-state index in [0.29, 0.717) is 18.5 Å². The number of ether oxygens (including phenoxy) is 1. The fraction of sp³-hybridized carbons (Fsp3) is 1.00. The van der Waals surface area contributed by atoms with E-state index in [0.717, 1.165) is 6.42 Å². The first-order valence-electron chi connectivity index (χ1n) is 5.24. The molecular weight excluding hydrogens is 207 g/mol. The standard InChI is InChI=1S/C10H20F3NO/c1-4-9(8(2)3)14-5-6-15-7-10(11,12)13/h8-9,14H,4-7H2,1-3H3. The zero-order valence-electron chi connectivity index (χ0n) is 9.53. The van der Waals surface area contributed by atoms with E-state index in [2.05, 4.69) is 23.9 Å². The molecule has 1 atom stereocenters. The van der Waals surface area contributed by atoms with Gasteiger partial charge in [-0.25, -0.2) is 0 Å². The Hall–Kier alpha value is -0.290. The van der Waals surface area contributed by atoms with Crippen molar-refractivity contribution in [3.8, 4) is 0 Å². The molecule has 0 spiro atoms. The number of nitrogens with one attached hydrogen (secondary N) is 1. The number of halogens is 3. The third-order valence-corrected chi connectivity index (χ3v) is 2.16. The average molecular weight is 227 g/mol. The van der Waals surface area contributed by atoms with Crippen LogP contribution in [0.3, 0.4) is 0 Å². The molecule has 0 aromatic heterocycles. The molecule has 0 aromatic carbocycles. The van der Waals surface area contributed by atoms with Gasteiger partial charge >= 0.3 is 6.18 Å². The van der Waals surface area contributed by atoms with Gasteiger partial charge in [-0.2, -0.15) is 13.2 Å². The number of hydrogen-bond donors (Lipinski definition) is 1. The van der Waals surface area contributed by atoms with Crippen LogP contribution in [0.25, 0.3) is 0 Å². The van der Waals surface area contributed by atoms with Gasteiger partial charge in [-0.15, -0.1) is 0 Å². The first-order valence-corrected chi connectivity index (χ1v) is 5.24. The molecule has 0 bridgehead atoms. The van der Waals surface area contributed by atoms with E-state index in [1.54, 1.807) is 0 Å². The normalized spacial score (nSPS) is 14.6. The van der Waals surface area contributed by atoms with Crippen molar-refractivity contribution in [2.24, 2.45) is 5.92 Å². The highest BCUT2D eigenvalue weighted by molar-refractivity contribution is 4.67. The predicted octanol–water partition coefficient (Wildman–Crippen LogP) is 2.59. The third kappa shape index (κ3) is 8.69. The number of hydrogen-bond acceptors (Lipinski definition) is 2. The van der Waals surface area contributed by atoms with Crippen molar-refractivity contribution < 1.29 is 17.9 Å². The molecule has 92 valence electrons. The Bertz CT molecular complexity index is 159. The topological polar surface area (TPSA) is 21.3 Å². The SMILES string of the molecule is CCC(NCCOCC(F)(F)F)C(C)C. The summed E-state index contributed by atoms with van der Waals surface area (Å²) in [5.41, 5.74) is 0. The summed E-state index contributed by atoms with van der Waals surface area (Å²) >= 11 is 0. The molecule has 0 fully saturated rings. The van der Waals surface area contributed by atoms with Crippen LogP contribution in [-0.2, 0) is 4.74 Å². The van der Waals surface area contributed by atoms with Crippen molar-refractivity contribution in [2.45, 2.75) is 39.4 Å². The molecule has 2 nitrogen and oxygen atoms in total. The summed E-state index contributed by atoms with van der Waals surface area (Å²) in [5.74, 6) is 0.484. The van der Waals surface area contributed by atoms with Crippen LogP contribution in [0.15, 0.2) is 0 Å². The summed E-state index contributed by atoms with van der Waals surface area (Å²) in [6, 6.07) is 0.347. The van der Waals surface area contributed by atoms with Gasteiger partial charge < -0.3 is 10.1 Å². The van der Waals surface area contributed by atoms with Gasteiger partial charge in [0.1, 0.15) is 6.61 Å². The second kappa shape index (κ2) is 7.06. The Morgan fingerprint density at radius 3 is 2.27 bits per heavy atom. The molecule has 0 saturated heterocycles. The van der Waals surface area contributed by atoms with Gasteiger partial charge in [-0.05, 0) is 12.3 Å². The zero-order chi connectivity index (χ0) is 11.9. The number of alkyl halides is 3. The van der Waals surface area contributed by atoms with Crippen molar-refractivity contribution in [3.05, 3.63) is 0 Å². The van der Waals surface area contributed by atoms with Crippen LogP contribution < -0.4 is 5.32 Å². The summed E-state index contributed by atoms with van der Waals surface area (Å²) in [5, 5.41) is 3.16. The Balaban J connectivity index is 3.45. The third-order valence-electron chi connectivity index (χ3n) is 2.16. The van der Waals surface area contributed by atoms with E-state index in [1.807, 2.05) is 6.92 Å². The molecule has 15 heavy (non-hydrogen) atoms. The van der Waals surface area contributed by atoms with E-state index in [1.165, 1.54) is 0 Å². The first-order chi connectivity index (χ1) is 6.87. The van der Waals surface area contributed by atoms with E-state index < -0.39 is 12.8 Å². The highest BCUT2D eigenvalue weighted by Crippen LogP contribution is 2.14. The monoisotopic (exact) mass is 227 g/mol. The maximum atomic E-state index is 11.7. The first kappa shape index (κ1) is 14.7. The molecule has 1 N–H and O–H groups in total. The molecule has 1 unspecified atom stereocenters. The van der Waals surface area contributed by atoms with Crippen LogP contribution in [-0.4, -0.2) is 32.0 Å². The van der Waals surface area contributed by atoms with Crippen LogP contribution >= 0.6 is 0 Å². The Morgan fingerprint density at radius 2 is 1.87 bits per heavy atom. The van der Waals surface area contributed by atoms with Crippen molar-refractivity contribution in [1.82, 2.24) is 5.32 Å². The van der Waals surface area contributed by atoms with E-state index in [9.17, 15) is 13.2 Å². The quantitative estimate of drug-likeness (QED) is 0.675. The molecule has 0 saturated carbocycles. The Kier molecular flexibility index (Phi) is 6.92. The fourth-order valence-electron chi connectivity index (χ4n) is 1.36. The van der Waals surface area contributed by atoms with E-state index in [-0.39, 0.29) is 6.61 Å². The maximum Gasteiger partial charge on any atom is 0.411 e. The van der Waals surface area contributed by atoms with Gasteiger partial charge in [0.25, 0.3) is 0 Å². The van der Waals surface area contributed by atoms with Crippen molar-refractivity contribution in [3.63, 3.8) is 0 Å². The summed E-state index contributed by atoms with van der Waals surface area (Å²) in [7, 11) is 0. The lowest BCUT2D eigenvalue weighted by molar-refractivity contribution is -0.173. The van der Waals surface area contributed by atoms with Crippen LogP contribution in [0.2, 0.25) is 0 Å². The number of rotatable bonds is 7. The molecule has 0 aliphatic heterocycles. The molecule has 0 amide bonds. The molecule has 0 radical (unpaired) electrons. The lowest BCUT2D eigenvalue weighted by atomic mass is 10.0. The van der Waals surface area contributed by atoms with E-state index in [4.69, 9.17) is 0 Å². The maximum absolute atomic E-state index is 11.7. The van der Waals surface area contributed by atoms with E-state index >= 15 is 0 Å². The molecule has 0 aliphatic rings.